The molecule has 2 aromatic heterocycles. The van der Waals surface area contributed by atoms with Crippen LogP contribution in [0.4, 0.5) is 4.39 Å². The minimum atomic E-state index is -0.667. The second kappa shape index (κ2) is 5.34. The molecule has 0 aliphatic carbocycles. The average molecular weight is 301 g/mol. The van der Waals surface area contributed by atoms with Gasteiger partial charge in [0, 0.05) is 5.56 Å². The van der Waals surface area contributed by atoms with Gasteiger partial charge in [-0.2, -0.15) is 5.26 Å². The van der Waals surface area contributed by atoms with Crippen LogP contribution in [0.3, 0.4) is 0 Å². The van der Waals surface area contributed by atoms with Crippen molar-refractivity contribution in [2.45, 2.75) is 6.54 Å². The van der Waals surface area contributed by atoms with Gasteiger partial charge in [-0.3, -0.25) is 9.09 Å². The van der Waals surface area contributed by atoms with Crippen molar-refractivity contribution in [3.05, 3.63) is 63.2 Å². The predicted molar refractivity (Wildman–Crippen MR) is 74.3 cm³/mol. The molecule has 3 rings (SSSR count). The van der Waals surface area contributed by atoms with Crippen LogP contribution in [0.1, 0.15) is 11.1 Å². The summed E-state index contributed by atoms with van der Waals surface area (Å²) in [5.41, 5.74) is 0.561. The molecule has 0 radical (unpaired) electrons. The zero-order valence-corrected chi connectivity index (χ0v) is 11.4. The summed E-state index contributed by atoms with van der Waals surface area (Å²) in [6, 6.07) is 9.55. The van der Waals surface area contributed by atoms with Gasteiger partial charge in [-0.05, 0) is 29.6 Å². The van der Waals surface area contributed by atoms with Crippen LogP contribution in [0.5, 0.6) is 0 Å². The molecular weight excluding hydrogens is 293 g/mol. The summed E-state index contributed by atoms with van der Waals surface area (Å²) >= 11 is 1.40. The second-order valence-corrected chi connectivity index (χ2v) is 5.20. The largest absolute Gasteiger partial charge is 0.442 e. The molecule has 1 aromatic carbocycles. The maximum Gasteiger partial charge on any atom is 0.442 e. The maximum absolute atomic E-state index is 13.8. The van der Waals surface area contributed by atoms with Gasteiger partial charge < -0.3 is 0 Å². The van der Waals surface area contributed by atoms with Gasteiger partial charge in [0.1, 0.15) is 5.82 Å². The van der Waals surface area contributed by atoms with Crippen molar-refractivity contribution in [1.29, 1.82) is 5.26 Å². The molecule has 104 valence electrons. The molecule has 0 N–H and O–H groups in total. The topological polar surface area (TPSA) is 71.8 Å². The van der Waals surface area contributed by atoms with Crippen molar-refractivity contribution < 1.29 is 8.91 Å². The Labute approximate surface area is 122 Å². The number of hydrogen-bond donors (Lipinski definition) is 0. The van der Waals surface area contributed by atoms with Crippen molar-refractivity contribution in [2.75, 3.05) is 0 Å². The molecule has 5 nitrogen and oxygen atoms in total. The lowest BCUT2D eigenvalue weighted by atomic mass is 10.1. The first kappa shape index (κ1) is 13.3. The van der Waals surface area contributed by atoms with Crippen LogP contribution in [-0.4, -0.2) is 9.72 Å². The van der Waals surface area contributed by atoms with E-state index in [2.05, 4.69) is 9.68 Å². The third kappa shape index (κ3) is 2.49. The number of benzene rings is 1. The Bertz CT molecular complexity index is 875. The lowest BCUT2D eigenvalue weighted by Gasteiger charge is -2.05. The molecule has 0 amide bonds. The Morgan fingerprint density at radius 3 is 3.00 bits per heavy atom. The highest BCUT2D eigenvalue weighted by molar-refractivity contribution is 7.13. The van der Waals surface area contributed by atoms with Crippen LogP contribution in [0.15, 0.2) is 45.0 Å². The summed E-state index contributed by atoms with van der Waals surface area (Å²) in [7, 11) is 0. The second-order valence-electron chi connectivity index (χ2n) is 4.25. The molecule has 0 aliphatic rings. The Morgan fingerprint density at radius 1 is 1.43 bits per heavy atom. The van der Waals surface area contributed by atoms with Gasteiger partial charge in [0.2, 0.25) is 0 Å². The molecule has 3 aromatic rings. The zero-order valence-electron chi connectivity index (χ0n) is 10.6. The minimum absolute atomic E-state index is 0.0447. The molecule has 0 saturated heterocycles. The first-order chi connectivity index (χ1) is 10.2. The summed E-state index contributed by atoms with van der Waals surface area (Å²) < 4.78 is 19.7. The molecule has 2 heterocycles. The monoisotopic (exact) mass is 301 g/mol. The first-order valence-corrected chi connectivity index (χ1v) is 6.86. The van der Waals surface area contributed by atoms with Gasteiger partial charge >= 0.3 is 5.76 Å². The average Bonchev–Trinajstić information content (AvgIpc) is 3.12. The molecule has 0 saturated carbocycles. The molecule has 0 fully saturated rings. The van der Waals surface area contributed by atoms with Crippen LogP contribution >= 0.6 is 11.3 Å². The number of aromatic nitrogens is 2. The standard InChI is InChI=1S/C14H8FN3O2S/c15-11-4-3-9(7-16)6-10(11)8-18-13(17-20-14(18)19)12-2-1-5-21-12/h1-6H,8H2. The summed E-state index contributed by atoms with van der Waals surface area (Å²) in [5, 5.41) is 14.4. The van der Waals surface area contributed by atoms with Crippen molar-refractivity contribution in [2.24, 2.45) is 0 Å². The van der Waals surface area contributed by atoms with Crippen molar-refractivity contribution in [3.8, 4) is 16.8 Å². The number of thiophene rings is 1. The summed E-state index contributed by atoms with van der Waals surface area (Å²) in [6.07, 6.45) is 0. The van der Waals surface area contributed by atoms with Crippen molar-refractivity contribution in [1.82, 2.24) is 9.72 Å². The molecule has 7 heteroatoms. The molecule has 21 heavy (non-hydrogen) atoms. The quantitative estimate of drug-likeness (QED) is 0.745. The van der Waals surface area contributed by atoms with Crippen LogP contribution in [0.25, 0.3) is 10.7 Å². The van der Waals surface area contributed by atoms with E-state index in [0.29, 0.717) is 11.4 Å². The van der Waals surface area contributed by atoms with E-state index in [9.17, 15) is 9.18 Å². The van der Waals surface area contributed by atoms with E-state index in [1.54, 1.807) is 6.07 Å². The number of nitriles is 1. The summed E-state index contributed by atoms with van der Waals surface area (Å²) in [4.78, 5) is 12.5. The molecule has 0 bridgehead atoms. The lowest BCUT2D eigenvalue weighted by molar-refractivity contribution is 0.378. The highest BCUT2D eigenvalue weighted by atomic mass is 32.1. The van der Waals surface area contributed by atoms with Gasteiger partial charge in [-0.1, -0.05) is 11.2 Å². The van der Waals surface area contributed by atoms with E-state index >= 15 is 0 Å². The molecule has 0 unspecified atom stereocenters. The molecular formula is C14H8FN3O2S. The van der Waals surface area contributed by atoms with E-state index in [0.717, 1.165) is 4.88 Å². The Balaban J connectivity index is 2.06. The van der Waals surface area contributed by atoms with Gasteiger partial charge in [-0.15, -0.1) is 11.3 Å². The summed E-state index contributed by atoms with van der Waals surface area (Å²) in [5.74, 6) is -0.809. The smallest absolute Gasteiger partial charge is 0.295 e. The zero-order chi connectivity index (χ0) is 14.8. The molecule has 0 aliphatic heterocycles. The fourth-order valence-corrected chi connectivity index (χ4v) is 2.64. The van der Waals surface area contributed by atoms with E-state index in [1.165, 1.54) is 34.1 Å². The Kier molecular flexibility index (Phi) is 3.38. The van der Waals surface area contributed by atoms with E-state index in [-0.39, 0.29) is 12.1 Å². The lowest BCUT2D eigenvalue weighted by Crippen LogP contribution is -2.17. The van der Waals surface area contributed by atoms with Crippen molar-refractivity contribution in [3.63, 3.8) is 0 Å². The third-order valence-electron chi connectivity index (χ3n) is 2.93. The fourth-order valence-electron chi connectivity index (χ4n) is 1.93. The van der Waals surface area contributed by atoms with E-state index < -0.39 is 11.6 Å². The summed E-state index contributed by atoms with van der Waals surface area (Å²) in [6.45, 7) is -0.0447. The number of halogens is 1. The predicted octanol–water partition coefficient (Wildman–Crippen LogP) is 2.62. The maximum atomic E-state index is 13.8. The molecule has 0 atom stereocenters. The minimum Gasteiger partial charge on any atom is -0.295 e. The highest BCUT2D eigenvalue weighted by Gasteiger charge is 2.15. The van der Waals surface area contributed by atoms with E-state index in [1.807, 2.05) is 17.5 Å². The highest BCUT2D eigenvalue weighted by Crippen LogP contribution is 2.22. The number of hydrogen-bond acceptors (Lipinski definition) is 5. The van der Waals surface area contributed by atoms with Crippen LogP contribution in [0, 0.1) is 17.1 Å². The van der Waals surface area contributed by atoms with Gasteiger partial charge in [0.25, 0.3) is 0 Å². The Morgan fingerprint density at radius 2 is 2.29 bits per heavy atom. The Hall–Kier alpha value is -2.72. The van der Waals surface area contributed by atoms with Gasteiger partial charge in [-0.25, -0.2) is 9.18 Å². The third-order valence-corrected chi connectivity index (χ3v) is 3.80. The first-order valence-electron chi connectivity index (χ1n) is 5.98. The van der Waals surface area contributed by atoms with Crippen LogP contribution < -0.4 is 5.76 Å². The SMILES string of the molecule is N#Cc1ccc(F)c(Cn2c(-c3cccs3)noc2=O)c1. The number of nitrogens with zero attached hydrogens (tertiary/aromatic N) is 3. The van der Waals surface area contributed by atoms with Crippen LogP contribution in [0.2, 0.25) is 0 Å². The van der Waals surface area contributed by atoms with E-state index in [4.69, 9.17) is 5.26 Å². The molecule has 0 spiro atoms. The van der Waals surface area contributed by atoms with Gasteiger partial charge in [0.15, 0.2) is 5.82 Å². The normalized spacial score (nSPS) is 10.5. The van der Waals surface area contributed by atoms with Gasteiger partial charge in [0.05, 0.1) is 23.1 Å². The van der Waals surface area contributed by atoms with Crippen LogP contribution in [-0.2, 0) is 6.54 Å². The fraction of sp³-hybridized carbons (Fsp3) is 0.0714. The number of rotatable bonds is 3. The van der Waals surface area contributed by atoms with Crippen molar-refractivity contribution >= 4 is 11.3 Å².